The third-order valence-corrected chi connectivity index (χ3v) is 5.33. The molecule has 2 atom stereocenters. The topological polar surface area (TPSA) is 9.23 Å². The minimum absolute atomic E-state index is 0.487. The average Bonchev–Trinajstić information content (AvgIpc) is 2.70. The lowest BCUT2D eigenvalue weighted by atomic mass is 9.79. The first-order valence-corrected chi connectivity index (χ1v) is 7.71. The van der Waals surface area contributed by atoms with Gasteiger partial charge in [-0.2, -0.15) is 0 Å². The standard InChI is InChI=1S/C16H23BrO/c1-16(2)10-4-5-14(16)15(17)11-12-6-8-13(18-3)9-7-12/h6-9,14-15H,4-5,10-11H2,1-3H3. The van der Waals surface area contributed by atoms with Gasteiger partial charge in [-0.15, -0.1) is 0 Å². The Hall–Kier alpha value is -0.500. The molecule has 0 radical (unpaired) electrons. The monoisotopic (exact) mass is 310 g/mol. The second-order valence-electron chi connectivity index (χ2n) is 6.06. The van der Waals surface area contributed by atoms with Crippen molar-refractivity contribution in [1.82, 2.24) is 0 Å². The van der Waals surface area contributed by atoms with E-state index in [1.54, 1.807) is 7.11 Å². The van der Waals surface area contributed by atoms with Crippen LogP contribution in [0.15, 0.2) is 24.3 Å². The highest BCUT2D eigenvalue weighted by atomic mass is 79.9. The van der Waals surface area contributed by atoms with E-state index in [2.05, 4.69) is 54.0 Å². The maximum Gasteiger partial charge on any atom is 0.118 e. The first kappa shape index (κ1) is 13.9. The van der Waals surface area contributed by atoms with Gasteiger partial charge < -0.3 is 4.74 Å². The van der Waals surface area contributed by atoms with E-state index in [-0.39, 0.29) is 0 Å². The van der Waals surface area contributed by atoms with Crippen molar-refractivity contribution in [3.63, 3.8) is 0 Å². The molecule has 0 N–H and O–H groups in total. The van der Waals surface area contributed by atoms with Gasteiger partial charge in [0.1, 0.15) is 5.75 Å². The Morgan fingerprint density at radius 1 is 1.33 bits per heavy atom. The maximum atomic E-state index is 5.20. The minimum Gasteiger partial charge on any atom is -0.497 e. The first-order valence-electron chi connectivity index (χ1n) is 6.80. The Morgan fingerprint density at radius 3 is 2.50 bits per heavy atom. The number of rotatable bonds is 4. The summed E-state index contributed by atoms with van der Waals surface area (Å²) < 4.78 is 5.20. The van der Waals surface area contributed by atoms with Gasteiger partial charge in [-0.05, 0) is 48.3 Å². The highest BCUT2D eigenvalue weighted by Crippen LogP contribution is 2.46. The van der Waals surface area contributed by atoms with Crippen molar-refractivity contribution < 1.29 is 4.74 Å². The normalized spacial score (nSPS) is 23.9. The molecule has 0 aliphatic heterocycles. The molecule has 1 aliphatic rings. The van der Waals surface area contributed by atoms with Gasteiger partial charge in [0.2, 0.25) is 0 Å². The Balaban J connectivity index is 2.00. The van der Waals surface area contributed by atoms with Gasteiger partial charge in [0, 0.05) is 4.83 Å². The van der Waals surface area contributed by atoms with Gasteiger partial charge in [0.05, 0.1) is 7.11 Å². The summed E-state index contributed by atoms with van der Waals surface area (Å²) in [5.74, 6) is 1.73. The quantitative estimate of drug-likeness (QED) is 0.724. The van der Waals surface area contributed by atoms with E-state index in [1.807, 2.05) is 0 Å². The summed E-state index contributed by atoms with van der Waals surface area (Å²) in [7, 11) is 1.71. The molecule has 0 spiro atoms. The molecule has 100 valence electrons. The number of methoxy groups -OCH3 is 1. The minimum atomic E-state index is 0.487. The van der Waals surface area contributed by atoms with Crippen LogP contribution in [0.1, 0.15) is 38.7 Å². The number of hydrogen-bond donors (Lipinski definition) is 0. The number of ether oxygens (including phenoxy) is 1. The number of halogens is 1. The molecule has 0 saturated heterocycles. The number of hydrogen-bond acceptors (Lipinski definition) is 1. The van der Waals surface area contributed by atoms with Gasteiger partial charge in [-0.25, -0.2) is 0 Å². The third kappa shape index (κ3) is 3.09. The Bertz CT molecular complexity index is 383. The summed E-state index contributed by atoms with van der Waals surface area (Å²) in [4.78, 5) is 0.586. The Morgan fingerprint density at radius 2 is 2.00 bits per heavy atom. The van der Waals surface area contributed by atoms with Crippen LogP contribution in [0.4, 0.5) is 0 Å². The molecule has 1 nitrogen and oxygen atoms in total. The lowest BCUT2D eigenvalue weighted by Crippen LogP contribution is -2.27. The fourth-order valence-corrected chi connectivity index (χ4v) is 4.51. The molecular formula is C16H23BrO. The van der Waals surface area contributed by atoms with Crippen molar-refractivity contribution in [2.45, 2.75) is 44.4 Å². The summed E-state index contributed by atoms with van der Waals surface area (Å²) in [6.45, 7) is 4.82. The van der Waals surface area contributed by atoms with Gasteiger partial charge in [0.25, 0.3) is 0 Å². The Kier molecular flexibility index (Phi) is 4.37. The predicted molar refractivity (Wildman–Crippen MR) is 80.5 cm³/mol. The van der Waals surface area contributed by atoms with Crippen molar-refractivity contribution in [3.8, 4) is 5.75 Å². The van der Waals surface area contributed by atoms with E-state index in [1.165, 1.54) is 24.8 Å². The zero-order valence-corrected chi connectivity index (χ0v) is 13.2. The summed E-state index contributed by atoms with van der Waals surface area (Å²) in [5, 5.41) is 0. The van der Waals surface area contributed by atoms with Crippen LogP contribution in [0.5, 0.6) is 5.75 Å². The average molecular weight is 311 g/mol. The summed E-state index contributed by atoms with van der Waals surface area (Å²) >= 11 is 3.92. The largest absolute Gasteiger partial charge is 0.497 e. The molecule has 2 unspecified atom stereocenters. The molecule has 1 aromatic rings. The van der Waals surface area contributed by atoms with E-state index < -0.39 is 0 Å². The van der Waals surface area contributed by atoms with Crippen molar-refractivity contribution in [2.75, 3.05) is 7.11 Å². The molecule has 1 saturated carbocycles. The van der Waals surface area contributed by atoms with Gasteiger partial charge in [0.15, 0.2) is 0 Å². The van der Waals surface area contributed by atoms with Crippen LogP contribution in [0.2, 0.25) is 0 Å². The molecule has 0 aromatic heterocycles. The summed E-state index contributed by atoms with van der Waals surface area (Å²) in [6, 6.07) is 8.45. The molecule has 1 aliphatic carbocycles. The van der Waals surface area contributed by atoms with Crippen LogP contribution in [0.3, 0.4) is 0 Å². The van der Waals surface area contributed by atoms with Crippen molar-refractivity contribution in [2.24, 2.45) is 11.3 Å². The van der Waals surface area contributed by atoms with E-state index in [4.69, 9.17) is 4.74 Å². The summed E-state index contributed by atoms with van der Waals surface area (Å²) in [5.41, 5.74) is 1.88. The smallest absolute Gasteiger partial charge is 0.118 e. The first-order chi connectivity index (χ1) is 8.53. The van der Waals surface area contributed by atoms with Crippen molar-refractivity contribution in [3.05, 3.63) is 29.8 Å². The SMILES string of the molecule is COc1ccc(CC(Br)C2CCCC2(C)C)cc1. The Labute approximate surface area is 119 Å². The molecule has 1 aromatic carbocycles. The highest BCUT2D eigenvalue weighted by molar-refractivity contribution is 9.09. The van der Waals surface area contributed by atoms with E-state index in [9.17, 15) is 0 Å². The van der Waals surface area contributed by atoms with Crippen LogP contribution in [-0.4, -0.2) is 11.9 Å². The highest BCUT2D eigenvalue weighted by Gasteiger charge is 2.38. The fraction of sp³-hybridized carbons (Fsp3) is 0.625. The molecule has 0 bridgehead atoms. The van der Waals surface area contributed by atoms with Crippen LogP contribution in [0.25, 0.3) is 0 Å². The van der Waals surface area contributed by atoms with Gasteiger partial charge in [-0.3, -0.25) is 0 Å². The zero-order valence-electron chi connectivity index (χ0n) is 11.6. The van der Waals surface area contributed by atoms with E-state index >= 15 is 0 Å². The lowest BCUT2D eigenvalue weighted by molar-refractivity contribution is 0.255. The van der Waals surface area contributed by atoms with Crippen LogP contribution >= 0.6 is 15.9 Å². The van der Waals surface area contributed by atoms with Crippen LogP contribution in [-0.2, 0) is 6.42 Å². The molecule has 18 heavy (non-hydrogen) atoms. The van der Waals surface area contributed by atoms with Crippen molar-refractivity contribution in [1.29, 1.82) is 0 Å². The third-order valence-electron chi connectivity index (χ3n) is 4.37. The maximum absolute atomic E-state index is 5.20. The molecule has 0 amide bonds. The van der Waals surface area contributed by atoms with Crippen LogP contribution in [0, 0.1) is 11.3 Å². The van der Waals surface area contributed by atoms with Crippen molar-refractivity contribution >= 4 is 15.9 Å². The van der Waals surface area contributed by atoms with E-state index in [0.717, 1.165) is 18.1 Å². The van der Waals surface area contributed by atoms with Crippen LogP contribution < -0.4 is 4.74 Å². The molecule has 2 heteroatoms. The lowest BCUT2D eigenvalue weighted by Gasteiger charge is -2.31. The second kappa shape index (κ2) is 5.64. The van der Waals surface area contributed by atoms with E-state index in [0.29, 0.717) is 10.2 Å². The predicted octanol–water partition coefficient (Wildman–Crippen LogP) is 4.83. The van der Waals surface area contributed by atoms with Gasteiger partial charge >= 0.3 is 0 Å². The number of alkyl halides is 1. The van der Waals surface area contributed by atoms with Gasteiger partial charge in [-0.1, -0.05) is 48.3 Å². The second-order valence-corrected chi connectivity index (χ2v) is 7.23. The molecule has 1 fully saturated rings. The molecule has 0 heterocycles. The molecular weight excluding hydrogens is 288 g/mol. The summed E-state index contributed by atoms with van der Waals surface area (Å²) in [6.07, 6.45) is 5.21. The fourth-order valence-electron chi connectivity index (χ4n) is 3.15. The zero-order chi connectivity index (χ0) is 13.2. The number of benzene rings is 1. The molecule has 2 rings (SSSR count).